The van der Waals surface area contributed by atoms with Gasteiger partial charge in [0.2, 0.25) is 11.6 Å². The Kier molecular flexibility index (Phi) is 14.6. The van der Waals surface area contributed by atoms with E-state index >= 15 is 0 Å². The lowest BCUT2D eigenvalue weighted by molar-refractivity contribution is -0.120. The third-order valence-electron chi connectivity index (χ3n) is 7.61. The van der Waals surface area contributed by atoms with E-state index in [0.29, 0.717) is 63.0 Å². The number of allylic oxidation sites excluding steroid dienone is 4. The van der Waals surface area contributed by atoms with E-state index in [9.17, 15) is 19.5 Å². The van der Waals surface area contributed by atoms with Gasteiger partial charge >= 0.3 is 0 Å². The molecule has 1 heterocycles. The minimum absolute atomic E-state index is 0.0133. The molecule has 2 bridgehead atoms. The van der Waals surface area contributed by atoms with Crippen LogP contribution in [0, 0.1) is 11.8 Å². The summed E-state index contributed by atoms with van der Waals surface area (Å²) >= 11 is 0. The van der Waals surface area contributed by atoms with Gasteiger partial charge in [-0.15, -0.1) is 13.2 Å². The van der Waals surface area contributed by atoms with Crippen LogP contribution < -0.4 is 10.6 Å². The third-order valence-corrected chi connectivity index (χ3v) is 7.61. The summed E-state index contributed by atoms with van der Waals surface area (Å²) < 4.78 is 5.58. The fourth-order valence-corrected chi connectivity index (χ4v) is 5.10. The van der Waals surface area contributed by atoms with Gasteiger partial charge in [-0.05, 0) is 45.4 Å². The number of nitrogens with zero attached hydrogens (tertiary/aromatic N) is 1. The zero-order chi connectivity index (χ0) is 31.2. The van der Waals surface area contributed by atoms with Crippen LogP contribution in [-0.2, 0) is 19.1 Å². The molecule has 0 fully saturated rings. The first-order valence-corrected chi connectivity index (χ1v) is 14.8. The Labute approximate surface area is 251 Å². The van der Waals surface area contributed by atoms with Crippen LogP contribution in [0.1, 0.15) is 53.4 Å². The maximum atomic E-state index is 13.7. The van der Waals surface area contributed by atoms with Gasteiger partial charge in [-0.25, -0.2) is 0 Å². The lowest BCUT2D eigenvalue weighted by atomic mass is 9.86. The second-order valence-electron chi connectivity index (χ2n) is 11.4. The third kappa shape index (κ3) is 10.8. The topological polar surface area (TPSA) is 108 Å². The van der Waals surface area contributed by atoms with Crippen molar-refractivity contribution in [2.24, 2.45) is 11.8 Å². The molecule has 1 aliphatic carbocycles. The molecule has 230 valence electrons. The van der Waals surface area contributed by atoms with Crippen molar-refractivity contribution in [3.05, 3.63) is 83.8 Å². The number of nitrogens with one attached hydrogen (secondary N) is 2. The molecule has 0 aromatic rings. The zero-order valence-corrected chi connectivity index (χ0v) is 25.9. The fourth-order valence-electron chi connectivity index (χ4n) is 5.10. The molecule has 3 N–H and O–H groups in total. The number of carbonyl (C=O) groups is 3. The number of rotatable bonds is 9. The predicted octanol–water partition coefficient (Wildman–Crippen LogP) is 4.33. The van der Waals surface area contributed by atoms with E-state index in [-0.39, 0.29) is 40.9 Å². The van der Waals surface area contributed by atoms with Crippen LogP contribution in [0.15, 0.2) is 83.8 Å². The van der Waals surface area contributed by atoms with Gasteiger partial charge in [-0.2, -0.15) is 0 Å². The quantitative estimate of drug-likeness (QED) is 0.276. The first-order valence-electron chi connectivity index (χ1n) is 14.8. The Bertz CT molecular complexity index is 1150. The second-order valence-corrected chi connectivity index (χ2v) is 11.4. The number of ether oxygens (including phenoxy) is 1. The highest BCUT2D eigenvalue weighted by atomic mass is 16.5. The molecule has 2 aliphatic rings. The molecule has 8 nitrogen and oxygen atoms in total. The van der Waals surface area contributed by atoms with Crippen LogP contribution in [0.4, 0.5) is 0 Å². The Hall–Kier alpha value is -3.33. The molecule has 1 amide bonds. The number of amides is 1. The van der Waals surface area contributed by atoms with E-state index in [1.54, 1.807) is 26.2 Å². The van der Waals surface area contributed by atoms with Crippen molar-refractivity contribution in [2.45, 2.75) is 65.6 Å². The van der Waals surface area contributed by atoms with E-state index in [1.807, 2.05) is 39.0 Å². The van der Waals surface area contributed by atoms with Gasteiger partial charge in [0.05, 0.1) is 23.6 Å². The van der Waals surface area contributed by atoms with Crippen LogP contribution in [-0.4, -0.2) is 73.0 Å². The molecule has 42 heavy (non-hydrogen) atoms. The Morgan fingerprint density at radius 1 is 1.12 bits per heavy atom. The van der Waals surface area contributed by atoms with Crippen molar-refractivity contribution >= 4 is 17.5 Å². The minimum Gasteiger partial charge on any atom is -0.393 e. The van der Waals surface area contributed by atoms with Crippen LogP contribution in [0.25, 0.3) is 0 Å². The number of carbonyl (C=O) groups excluding carboxylic acids is 3. The van der Waals surface area contributed by atoms with Crippen LogP contribution in [0.5, 0.6) is 0 Å². The van der Waals surface area contributed by atoms with Gasteiger partial charge in [-0.3, -0.25) is 19.3 Å². The van der Waals surface area contributed by atoms with Crippen LogP contribution in [0.3, 0.4) is 0 Å². The number of Topliss-reactive ketones (excluding diaryl/α,β-unsaturated/α-hetero) is 1. The van der Waals surface area contributed by atoms with E-state index in [1.165, 1.54) is 6.08 Å². The van der Waals surface area contributed by atoms with Crippen molar-refractivity contribution in [3.8, 4) is 0 Å². The summed E-state index contributed by atoms with van der Waals surface area (Å²) in [5.74, 6) is -1.22. The van der Waals surface area contributed by atoms with Gasteiger partial charge in [-0.1, -0.05) is 55.9 Å². The predicted molar refractivity (Wildman–Crippen MR) is 168 cm³/mol. The molecule has 0 saturated heterocycles. The second kappa shape index (κ2) is 17.6. The lowest BCUT2D eigenvalue weighted by Gasteiger charge is -2.25. The highest BCUT2D eigenvalue weighted by Crippen LogP contribution is 2.27. The van der Waals surface area contributed by atoms with Gasteiger partial charge in [0.25, 0.3) is 5.91 Å². The van der Waals surface area contributed by atoms with Gasteiger partial charge in [0.1, 0.15) is 0 Å². The molecule has 4 unspecified atom stereocenters. The van der Waals surface area contributed by atoms with Gasteiger partial charge in [0, 0.05) is 56.4 Å². The highest BCUT2D eigenvalue weighted by molar-refractivity contribution is 6.23. The molecule has 8 heteroatoms. The Morgan fingerprint density at radius 2 is 1.81 bits per heavy atom. The number of hydrogen-bond donors (Lipinski definition) is 3. The molecular weight excluding hydrogens is 530 g/mol. The Morgan fingerprint density at radius 3 is 2.45 bits per heavy atom. The summed E-state index contributed by atoms with van der Waals surface area (Å²) in [7, 11) is 1.63. The molecule has 4 atom stereocenters. The smallest absolute Gasteiger partial charge is 0.251 e. The van der Waals surface area contributed by atoms with Crippen molar-refractivity contribution in [1.29, 1.82) is 0 Å². The lowest BCUT2D eigenvalue weighted by Crippen LogP contribution is -2.38. The van der Waals surface area contributed by atoms with Crippen molar-refractivity contribution in [2.75, 3.05) is 33.3 Å². The zero-order valence-electron chi connectivity index (χ0n) is 25.9. The highest BCUT2D eigenvalue weighted by Gasteiger charge is 2.31. The van der Waals surface area contributed by atoms with Crippen LogP contribution in [0.2, 0.25) is 0 Å². The normalized spacial score (nSPS) is 28.3. The maximum Gasteiger partial charge on any atom is 0.251 e. The molecule has 0 aromatic heterocycles. The number of aliphatic hydroxyl groups excluding tert-OH is 1. The van der Waals surface area contributed by atoms with E-state index < -0.39 is 12.0 Å². The van der Waals surface area contributed by atoms with Crippen molar-refractivity contribution in [3.63, 3.8) is 0 Å². The van der Waals surface area contributed by atoms with E-state index in [0.717, 1.165) is 5.57 Å². The Balaban J connectivity index is 2.40. The number of methoxy groups -OCH3 is 1. The average molecular weight is 580 g/mol. The summed E-state index contributed by atoms with van der Waals surface area (Å²) in [6.07, 6.45) is 13.6. The number of aliphatic hydroxyl groups is 1. The standard InChI is InChI=1S/C34H49N3O5/c1-8-16-37(17-9-2)18-15-35-32-28-21-23(3)13-14-30(38)26(6)19-24(4)20-27(42-7)12-10-11-25(5)34(41)36-29(33(28)40)22-31(32)39/h8-12,19,22-23,26-27,30,35,38H,1-2,13-18,20-21H2,3-7H3,(H,36,41)/b12-10-,24-19+,25-11+. The number of hydrogen-bond acceptors (Lipinski definition) is 7. The van der Waals surface area contributed by atoms with Crippen LogP contribution >= 0.6 is 0 Å². The largest absolute Gasteiger partial charge is 0.393 e. The number of ketones is 2. The monoisotopic (exact) mass is 579 g/mol. The molecule has 2 rings (SSSR count). The van der Waals surface area contributed by atoms with Crippen molar-refractivity contribution < 1.29 is 24.2 Å². The van der Waals surface area contributed by atoms with E-state index in [4.69, 9.17) is 4.74 Å². The van der Waals surface area contributed by atoms with Gasteiger partial charge < -0.3 is 20.5 Å². The summed E-state index contributed by atoms with van der Waals surface area (Å²) in [4.78, 5) is 42.0. The SMILES string of the molecule is C=CCN(CC=C)CCNC1=C2CC(C)CCC(O)C(C)/C=C(\C)CC(OC)/C=C\C=C(/C)C(=O)NC(=CC1=O)C2=O. The van der Waals surface area contributed by atoms with Gasteiger partial charge in [0.15, 0.2) is 0 Å². The van der Waals surface area contributed by atoms with E-state index in [2.05, 4.69) is 34.8 Å². The first kappa shape index (κ1) is 34.9. The average Bonchev–Trinajstić information content (AvgIpc) is 2.94. The molecule has 0 aromatic carbocycles. The molecule has 1 aliphatic heterocycles. The molecule has 0 saturated carbocycles. The summed E-state index contributed by atoms with van der Waals surface area (Å²) in [6.45, 7) is 17.7. The molecule has 0 radical (unpaired) electrons. The fraction of sp³-hybridized carbons (Fsp3) is 0.500. The minimum atomic E-state index is -0.544. The first-order chi connectivity index (χ1) is 20.0. The summed E-state index contributed by atoms with van der Waals surface area (Å²) in [5.41, 5.74) is 2.08. The maximum absolute atomic E-state index is 13.7. The number of fused-ring (bicyclic) bond motifs is 2. The summed E-state index contributed by atoms with van der Waals surface area (Å²) in [5, 5.41) is 16.7. The molecular formula is C34H49N3O5. The molecule has 0 spiro atoms. The van der Waals surface area contributed by atoms with Crippen molar-refractivity contribution in [1.82, 2.24) is 15.5 Å². The summed E-state index contributed by atoms with van der Waals surface area (Å²) in [6, 6.07) is 0.